The minimum absolute atomic E-state index is 0.340. The fraction of sp³-hybridized carbons (Fsp3) is 0. The van der Waals surface area contributed by atoms with Gasteiger partial charge in [0.2, 0.25) is 0 Å². The molecule has 1 aromatic heterocycles. The van der Waals surface area contributed by atoms with Gasteiger partial charge in [-0.3, -0.25) is 5.10 Å². The predicted octanol–water partition coefficient (Wildman–Crippen LogP) is 3.30. The second-order valence-corrected chi connectivity index (χ2v) is 4.96. The summed E-state index contributed by atoms with van der Waals surface area (Å²) in [5.41, 5.74) is 14.5. The van der Waals surface area contributed by atoms with Crippen molar-refractivity contribution in [3.63, 3.8) is 0 Å². The number of nitrogens with two attached hydrogens (primary N) is 2. The molecule has 1 heterocycles. The molecule has 0 bridgehead atoms. The van der Waals surface area contributed by atoms with Crippen molar-refractivity contribution in [1.29, 1.82) is 0 Å². The lowest BCUT2D eigenvalue weighted by atomic mass is 10.00. The summed E-state index contributed by atoms with van der Waals surface area (Å²) in [5.74, 6) is -0.340. The fourth-order valence-electron chi connectivity index (χ4n) is 2.11. The van der Waals surface area contributed by atoms with Crippen LogP contribution in [-0.2, 0) is 0 Å². The average Bonchev–Trinajstić information content (AvgIpc) is 2.78. The average molecular weight is 321 g/mol. The summed E-state index contributed by atoms with van der Waals surface area (Å²) in [6.07, 6.45) is 0. The number of aromatic nitrogens is 2. The lowest BCUT2D eigenvalue weighted by Gasteiger charge is -2.10. The van der Waals surface area contributed by atoms with E-state index in [1.807, 2.05) is 0 Å². The molecule has 0 amide bonds. The summed E-state index contributed by atoms with van der Waals surface area (Å²) < 4.78 is 14.5. The van der Waals surface area contributed by atoms with E-state index in [-0.39, 0.29) is 5.82 Å². The van der Waals surface area contributed by atoms with Gasteiger partial charge in [-0.05, 0) is 28.1 Å². The highest BCUT2D eigenvalue weighted by atomic mass is 79.9. The minimum Gasteiger partial charge on any atom is -0.398 e. The predicted molar refractivity (Wildman–Crippen MR) is 78.0 cm³/mol. The number of fused-ring (bicyclic) bond motifs is 1. The lowest BCUT2D eigenvalue weighted by Crippen LogP contribution is -1.97. The number of nitrogens with one attached hydrogen (secondary N) is 1. The summed E-state index contributed by atoms with van der Waals surface area (Å²) in [6, 6.07) is 8.08. The van der Waals surface area contributed by atoms with E-state index in [2.05, 4.69) is 26.1 Å². The maximum absolute atomic E-state index is 13.9. The number of hydrogen-bond acceptors (Lipinski definition) is 3. The first-order valence-electron chi connectivity index (χ1n) is 5.56. The fourth-order valence-corrected chi connectivity index (χ4v) is 2.60. The smallest absolute Gasteiger partial charge is 0.131 e. The number of benzene rings is 2. The van der Waals surface area contributed by atoms with Crippen LogP contribution in [0.25, 0.3) is 22.0 Å². The van der Waals surface area contributed by atoms with Gasteiger partial charge in [0.25, 0.3) is 0 Å². The molecule has 5 N–H and O–H groups in total. The van der Waals surface area contributed by atoms with Gasteiger partial charge in [0.15, 0.2) is 0 Å². The molecule has 6 heteroatoms. The molecule has 3 rings (SSSR count). The largest absolute Gasteiger partial charge is 0.398 e. The van der Waals surface area contributed by atoms with Gasteiger partial charge in [-0.1, -0.05) is 18.2 Å². The molecule has 0 aliphatic heterocycles. The topological polar surface area (TPSA) is 80.7 Å². The van der Waals surface area contributed by atoms with Crippen LogP contribution in [0.2, 0.25) is 0 Å². The third kappa shape index (κ3) is 1.76. The normalized spacial score (nSPS) is 11.1. The van der Waals surface area contributed by atoms with Gasteiger partial charge in [0, 0.05) is 11.1 Å². The number of H-pyrrole nitrogens is 1. The van der Waals surface area contributed by atoms with Gasteiger partial charge < -0.3 is 11.5 Å². The number of nitrogens with zero attached hydrogens (tertiary/aromatic N) is 1. The molecule has 0 atom stereocenters. The van der Waals surface area contributed by atoms with Crippen LogP contribution >= 0.6 is 15.9 Å². The van der Waals surface area contributed by atoms with E-state index >= 15 is 0 Å². The highest BCUT2D eigenvalue weighted by molar-refractivity contribution is 9.10. The van der Waals surface area contributed by atoms with E-state index in [1.54, 1.807) is 24.3 Å². The van der Waals surface area contributed by atoms with Gasteiger partial charge in [-0.15, -0.1) is 0 Å². The van der Waals surface area contributed by atoms with Crippen molar-refractivity contribution in [1.82, 2.24) is 10.2 Å². The number of hydrogen-bond donors (Lipinski definition) is 3. The summed E-state index contributed by atoms with van der Waals surface area (Å²) in [5, 5.41) is 7.49. The Hall–Kier alpha value is -2.08. The molecule has 0 radical (unpaired) electrons. The van der Waals surface area contributed by atoms with Gasteiger partial charge >= 0.3 is 0 Å². The first kappa shape index (κ1) is 12.0. The van der Waals surface area contributed by atoms with Gasteiger partial charge in [0.1, 0.15) is 15.9 Å². The zero-order valence-electron chi connectivity index (χ0n) is 9.74. The van der Waals surface area contributed by atoms with Crippen LogP contribution in [0.1, 0.15) is 0 Å². The Morgan fingerprint density at radius 1 is 1.16 bits per heavy atom. The van der Waals surface area contributed by atoms with Crippen molar-refractivity contribution < 1.29 is 4.39 Å². The molecule has 19 heavy (non-hydrogen) atoms. The Kier molecular flexibility index (Phi) is 2.67. The van der Waals surface area contributed by atoms with Crippen LogP contribution in [0.4, 0.5) is 15.8 Å². The standard InChI is InChI=1S/C13H10BrFN4/c14-13-10-11(17)7(5-9(16)12(10)18-19-13)6-3-1-2-4-8(6)15/h1-5H,16-17H2,(H,18,19). The number of halogens is 2. The summed E-state index contributed by atoms with van der Waals surface area (Å²) in [6.45, 7) is 0. The zero-order chi connectivity index (χ0) is 13.6. The second-order valence-electron chi connectivity index (χ2n) is 4.17. The Morgan fingerprint density at radius 2 is 1.89 bits per heavy atom. The van der Waals surface area contributed by atoms with Gasteiger partial charge in [0.05, 0.1) is 16.8 Å². The van der Waals surface area contributed by atoms with E-state index in [4.69, 9.17) is 11.5 Å². The lowest BCUT2D eigenvalue weighted by molar-refractivity contribution is 0.631. The Balaban J connectivity index is 2.40. The van der Waals surface area contributed by atoms with E-state index in [9.17, 15) is 4.39 Å². The van der Waals surface area contributed by atoms with Gasteiger partial charge in [-0.2, -0.15) is 5.10 Å². The van der Waals surface area contributed by atoms with Crippen LogP contribution in [0.3, 0.4) is 0 Å². The monoisotopic (exact) mass is 320 g/mol. The van der Waals surface area contributed by atoms with E-state index in [0.29, 0.717) is 38.0 Å². The molecule has 96 valence electrons. The Labute approximate surface area is 116 Å². The van der Waals surface area contributed by atoms with E-state index in [0.717, 1.165) is 0 Å². The van der Waals surface area contributed by atoms with Gasteiger partial charge in [-0.25, -0.2) is 4.39 Å². The first-order chi connectivity index (χ1) is 9.09. The van der Waals surface area contributed by atoms with Crippen molar-refractivity contribution >= 4 is 38.2 Å². The van der Waals surface area contributed by atoms with E-state index in [1.165, 1.54) is 6.07 Å². The van der Waals surface area contributed by atoms with E-state index < -0.39 is 0 Å². The van der Waals surface area contributed by atoms with Crippen molar-refractivity contribution in [2.75, 3.05) is 11.5 Å². The second kappa shape index (κ2) is 4.24. The summed E-state index contributed by atoms with van der Waals surface area (Å²) in [7, 11) is 0. The molecule has 3 aromatic rings. The first-order valence-corrected chi connectivity index (χ1v) is 6.35. The third-order valence-corrected chi connectivity index (χ3v) is 3.59. The molecular formula is C13H10BrFN4. The molecule has 0 aliphatic carbocycles. The summed E-state index contributed by atoms with van der Waals surface area (Å²) in [4.78, 5) is 0. The van der Waals surface area contributed by atoms with Crippen LogP contribution in [0.5, 0.6) is 0 Å². The number of aromatic amines is 1. The molecule has 0 fully saturated rings. The highest BCUT2D eigenvalue weighted by Crippen LogP contribution is 2.39. The summed E-state index contributed by atoms with van der Waals surface area (Å²) >= 11 is 3.33. The van der Waals surface area contributed by atoms with Crippen LogP contribution in [0, 0.1) is 5.82 Å². The highest BCUT2D eigenvalue weighted by Gasteiger charge is 2.16. The van der Waals surface area contributed by atoms with Crippen LogP contribution < -0.4 is 11.5 Å². The molecule has 2 aromatic carbocycles. The zero-order valence-corrected chi connectivity index (χ0v) is 11.3. The SMILES string of the molecule is Nc1cc(-c2ccccc2F)c(N)c2c(Br)[nH]nc12. The Morgan fingerprint density at radius 3 is 2.63 bits per heavy atom. The maximum Gasteiger partial charge on any atom is 0.131 e. The van der Waals surface area contributed by atoms with Crippen molar-refractivity contribution in [3.05, 3.63) is 40.8 Å². The molecule has 0 spiro atoms. The van der Waals surface area contributed by atoms with Crippen molar-refractivity contribution in [2.24, 2.45) is 0 Å². The maximum atomic E-state index is 13.9. The molecule has 0 saturated carbocycles. The van der Waals surface area contributed by atoms with Crippen molar-refractivity contribution in [2.45, 2.75) is 0 Å². The molecule has 0 unspecified atom stereocenters. The minimum atomic E-state index is -0.340. The molecule has 0 aliphatic rings. The number of rotatable bonds is 1. The molecule has 4 nitrogen and oxygen atoms in total. The van der Waals surface area contributed by atoms with Crippen LogP contribution in [-0.4, -0.2) is 10.2 Å². The third-order valence-electron chi connectivity index (χ3n) is 3.02. The Bertz CT molecular complexity index is 782. The van der Waals surface area contributed by atoms with Crippen LogP contribution in [0.15, 0.2) is 34.9 Å². The quantitative estimate of drug-likeness (QED) is 0.602. The molecule has 0 saturated heterocycles. The number of anilines is 2. The van der Waals surface area contributed by atoms with Crippen molar-refractivity contribution in [3.8, 4) is 11.1 Å². The number of nitrogen functional groups attached to an aromatic ring is 2. The molecular weight excluding hydrogens is 311 g/mol.